The molecular formula is C15H23NS. The van der Waals surface area contributed by atoms with E-state index in [4.69, 9.17) is 5.73 Å². The minimum atomic E-state index is 0.193. The Hall–Kier alpha value is -0.470. The van der Waals surface area contributed by atoms with Crippen LogP contribution in [0.2, 0.25) is 0 Å². The van der Waals surface area contributed by atoms with E-state index in [1.54, 1.807) is 0 Å². The molecule has 0 spiro atoms. The lowest BCUT2D eigenvalue weighted by atomic mass is 9.91. The molecule has 1 aromatic carbocycles. The average molecular weight is 249 g/mol. The van der Waals surface area contributed by atoms with Gasteiger partial charge in [-0.1, -0.05) is 50.1 Å². The molecule has 0 aromatic heterocycles. The zero-order chi connectivity index (χ0) is 12.1. The van der Waals surface area contributed by atoms with E-state index in [1.807, 2.05) is 6.07 Å². The van der Waals surface area contributed by atoms with Gasteiger partial charge in [-0.2, -0.15) is 11.8 Å². The second kappa shape index (κ2) is 6.46. The van der Waals surface area contributed by atoms with Gasteiger partial charge >= 0.3 is 0 Å². The Labute approximate surface area is 109 Å². The van der Waals surface area contributed by atoms with Crippen molar-refractivity contribution in [2.75, 3.05) is 5.75 Å². The topological polar surface area (TPSA) is 26.0 Å². The van der Waals surface area contributed by atoms with Crippen LogP contribution in [0.5, 0.6) is 0 Å². The highest BCUT2D eigenvalue weighted by Crippen LogP contribution is 2.33. The molecule has 2 heteroatoms. The van der Waals surface area contributed by atoms with E-state index in [1.165, 1.54) is 31.2 Å². The molecule has 1 fully saturated rings. The Morgan fingerprint density at radius 3 is 2.76 bits per heavy atom. The standard InChI is InChI=1S/C15H23NS/c1-12-6-5-9-14(10-12)17-11-15(16)13-7-3-2-4-8-13/h2-4,7-8,12,14-15H,5-6,9-11,16H2,1H3. The maximum Gasteiger partial charge on any atom is 0.0386 e. The molecule has 0 heterocycles. The third kappa shape index (κ3) is 4.04. The molecule has 3 unspecified atom stereocenters. The predicted molar refractivity (Wildman–Crippen MR) is 77.2 cm³/mol. The molecule has 0 amide bonds. The quantitative estimate of drug-likeness (QED) is 0.873. The van der Waals surface area contributed by atoms with Gasteiger partial charge in [0.25, 0.3) is 0 Å². The van der Waals surface area contributed by atoms with E-state index < -0.39 is 0 Å². The van der Waals surface area contributed by atoms with E-state index in [0.717, 1.165) is 16.9 Å². The minimum Gasteiger partial charge on any atom is -0.323 e. The van der Waals surface area contributed by atoms with Crippen LogP contribution in [0.3, 0.4) is 0 Å². The first-order valence-corrected chi connectivity index (χ1v) is 7.72. The van der Waals surface area contributed by atoms with E-state index >= 15 is 0 Å². The SMILES string of the molecule is CC1CCCC(SCC(N)c2ccccc2)C1. The predicted octanol–water partition coefficient (Wildman–Crippen LogP) is 4.00. The van der Waals surface area contributed by atoms with E-state index in [2.05, 4.69) is 43.0 Å². The van der Waals surface area contributed by atoms with Gasteiger partial charge in [-0.25, -0.2) is 0 Å². The summed E-state index contributed by atoms with van der Waals surface area (Å²) < 4.78 is 0. The van der Waals surface area contributed by atoms with Crippen molar-refractivity contribution in [3.05, 3.63) is 35.9 Å². The summed E-state index contributed by atoms with van der Waals surface area (Å²) in [5.41, 5.74) is 7.49. The van der Waals surface area contributed by atoms with Gasteiger partial charge in [-0.05, 0) is 24.3 Å². The van der Waals surface area contributed by atoms with E-state index in [0.29, 0.717) is 0 Å². The maximum absolute atomic E-state index is 6.23. The van der Waals surface area contributed by atoms with E-state index in [-0.39, 0.29) is 6.04 Å². The van der Waals surface area contributed by atoms with Crippen molar-refractivity contribution in [2.45, 2.75) is 43.9 Å². The lowest BCUT2D eigenvalue weighted by molar-refractivity contribution is 0.394. The van der Waals surface area contributed by atoms with Crippen LogP contribution in [0.4, 0.5) is 0 Å². The zero-order valence-corrected chi connectivity index (χ0v) is 11.5. The molecule has 1 nitrogen and oxygen atoms in total. The van der Waals surface area contributed by atoms with Crippen molar-refractivity contribution in [2.24, 2.45) is 11.7 Å². The molecular weight excluding hydrogens is 226 g/mol. The Bertz CT molecular complexity index is 325. The van der Waals surface area contributed by atoms with Crippen LogP contribution < -0.4 is 5.73 Å². The van der Waals surface area contributed by atoms with Crippen molar-refractivity contribution in [1.82, 2.24) is 0 Å². The fraction of sp³-hybridized carbons (Fsp3) is 0.600. The average Bonchev–Trinajstić information content (AvgIpc) is 2.37. The Kier molecular flexibility index (Phi) is 4.93. The third-order valence-corrected chi connectivity index (χ3v) is 5.08. The van der Waals surface area contributed by atoms with Gasteiger partial charge in [0.15, 0.2) is 0 Å². The first-order chi connectivity index (χ1) is 8.25. The molecule has 0 aliphatic heterocycles. The Balaban J connectivity index is 1.78. The van der Waals surface area contributed by atoms with Gasteiger partial charge in [0, 0.05) is 17.0 Å². The monoisotopic (exact) mass is 249 g/mol. The second-order valence-electron chi connectivity index (χ2n) is 5.24. The van der Waals surface area contributed by atoms with Gasteiger partial charge in [0.2, 0.25) is 0 Å². The molecule has 0 bridgehead atoms. The van der Waals surface area contributed by atoms with Crippen molar-refractivity contribution in [1.29, 1.82) is 0 Å². The molecule has 94 valence electrons. The largest absolute Gasteiger partial charge is 0.323 e. The van der Waals surface area contributed by atoms with Crippen molar-refractivity contribution in [3.63, 3.8) is 0 Å². The summed E-state index contributed by atoms with van der Waals surface area (Å²) in [6.07, 6.45) is 5.59. The summed E-state index contributed by atoms with van der Waals surface area (Å²) in [6, 6.07) is 10.7. The smallest absolute Gasteiger partial charge is 0.0386 e. The summed E-state index contributed by atoms with van der Waals surface area (Å²) in [7, 11) is 0. The molecule has 0 radical (unpaired) electrons. The van der Waals surface area contributed by atoms with Crippen LogP contribution in [0.25, 0.3) is 0 Å². The van der Waals surface area contributed by atoms with Gasteiger partial charge in [0.05, 0.1) is 0 Å². The number of hydrogen-bond acceptors (Lipinski definition) is 2. The molecule has 3 atom stereocenters. The zero-order valence-electron chi connectivity index (χ0n) is 10.6. The van der Waals surface area contributed by atoms with Crippen LogP contribution in [0, 0.1) is 5.92 Å². The van der Waals surface area contributed by atoms with Crippen LogP contribution >= 0.6 is 11.8 Å². The lowest BCUT2D eigenvalue weighted by Gasteiger charge is -2.27. The van der Waals surface area contributed by atoms with Gasteiger partial charge in [-0.3, -0.25) is 0 Å². The van der Waals surface area contributed by atoms with Crippen LogP contribution in [0.1, 0.15) is 44.2 Å². The fourth-order valence-electron chi connectivity index (χ4n) is 2.57. The number of thioether (sulfide) groups is 1. The highest BCUT2D eigenvalue weighted by atomic mass is 32.2. The summed E-state index contributed by atoms with van der Waals surface area (Å²) in [4.78, 5) is 0. The minimum absolute atomic E-state index is 0.193. The molecule has 1 aliphatic rings. The Morgan fingerprint density at radius 2 is 2.06 bits per heavy atom. The molecule has 1 aromatic rings. The van der Waals surface area contributed by atoms with Crippen LogP contribution in [-0.2, 0) is 0 Å². The Morgan fingerprint density at radius 1 is 1.29 bits per heavy atom. The molecule has 2 rings (SSSR count). The first kappa shape index (κ1) is 13.0. The summed E-state index contributed by atoms with van der Waals surface area (Å²) in [5.74, 6) is 1.97. The van der Waals surface area contributed by atoms with Crippen LogP contribution in [-0.4, -0.2) is 11.0 Å². The van der Waals surface area contributed by atoms with E-state index in [9.17, 15) is 0 Å². The highest BCUT2D eigenvalue weighted by molar-refractivity contribution is 7.99. The molecule has 0 saturated heterocycles. The molecule has 2 N–H and O–H groups in total. The van der Waals surface area contributed by atoms with Crippen molar-refractivity contribution in [3.8, 4) is 0 Å². The fourth-order valence-corrected chi connectivity index (χ4v) is 4.04. The lowest BCUT2D eigenvalue weighted by Crippen LogP contribution is -2.19. The van der Waals surface area contributed by atoms with Gasteiger partial charge < -0.3 is 5.73 Å². The highest BCUT2D eigenvalue weighted by Gasteiger charge is 2.20. The molecule has 1 aliphatic carbocycles. The number of rotatable bonds is 4. The van der Waals surface area contributed by atoms with Crippen LogP contribution in [0.15, 0.2) is 30.3 Å². The number of nitrogens with two attached hydrogens (primary N) is 1. The van der Waals surface area contributed by atoms with Gasteiger partial charge in [0.1, 0.15) is 0 Å². The van der Waals surface area contributed by atoms with Crippen molar-refractivity contribution >= 4 is 11.8 Å². The number of benzene rings is 1. The second-order valence-corrected chi connectivity index (χ2v) is 6.58. The summed E-state index contributed by atoms with van der Waals surface area (Å²) in [6.45, 7) is 2.38. The molecule has 17 heavy (non-hydrogen) atoms. The maximum atomic E-state index is 6.23. The van der Waals surface area contributed by atoms with Gasteiger partial charge in [-0.15, -0.1) is 0 Å². The third-order valence-electron chi connectivity index (χ3n) is 3.63. The summed E-state index contributed by atoms with van der Waals surface area (Å²) >= 11 is 2.08. The number of hydrogen-bond donors (Lipinski definition) is 1. The van der Waals surface area contributed by atoms with Crippen molar-refractivity contribution < 1.29 is 0 Å². The summed E-state index contributed by atoms with van der Waals surface area (Å²) in [5, 5.41) is 0.841. The normalized spacial score (nSPS) is 26.7. The first-order valence-electron chi connectivity index (χ1n) is 6.68. The molecule has 1 saturated carbocycles.